The molecular formula is C13H20N2O6. The van der Waals surface area contributed by atoms with Crippen LogP contribution in [0.3, 0.4) is 0 Å². The predicted molar refractivity (Wildman–Crippen MR) is 70.7 cm³/mol. The van der Waals surface area contributed by atoms with Crippen LogP contribution in [0.5, 0.6) is 0 Å². The molecule has 1 N–H and O–H groups in total. The standard InChI is InChI=1S/C13H20N2O6/c1-2-20-13(19)15-7-5-14(6-8-15)11(16)9-3-4-10(21-9)12(17)18/h9-10H,2-8H2,1H3,(H,17,18). The summed E-state index contributed by atoms with van der Waals surface area (Å²) in [7, 11) is 0. The molecule has 2 atom stereocenters. The number of carboxylic acids is 1. The molecule has 2 fully saturated rings. The average molecular weight is 300 g/mol. The van der Waals surface area contributed by atoms with Gasteiger partial charge in [-0.05, 0) is 19.8 Å². The molecule has 0 aromatic rings. The molecule has 118 valence electrons. The summed E-state index contributed by atoms with van der Waals surface area (Å²) in [5.74, 6) is -1.22. The number of carboxylic acid groups (broad SMARTS) is 1. The highest BCUT2D eigenvalue weighted by Gasteiger charge is 2.37. The van der Waals surface area contributed by atoms with Gasteiger partial charge in [0.15, 0.2) is 6.10 Å². The number of carbonyl (C=O) groups excluding carboxylic acids is 2. The molecule has 0 aromatic carbocycles. The van der Waals surface area contributed by atoms with Gasteiger partial charge in [0, 0.05) is 26.2 Å². The summed E-state index contributed by atoms with van der Waals surface area (Å²) in [6, 6.07) is 0. The Morgan fingerprint density at radius 2 is 1.67 bits per heavy atom. The number of amides is 2. The number of hydrogen-bond donors (Lipinski definition) is 1. The first-order valence-electron chi connectivity index (χ1n) is 7.11. The zero-order chi connectivity index (χ0) is 15.4. The van der Waals surface area contributed by atoms with E-state index in [9.17, 15) is 14.4 Å². The molecule has 0 saturated carbocycles. The van der Waals surface area contributed by atoms with Crippen LogP contribution in [0.2, 0.25) is 0 Å². The number of aliphatic carboxylic acids is 1. The molecule has 0 aliphatic carbocycles. The van der Waals surface area contributed by atoms with Crippen LogP contribution in [0, 0.1) is 0 Å². The smallest absolute Gasteiger partial charge is 0.409 e. The van der Waals surface area contributed by atoms with E-state index in [0.717, 1.165) is 0 Å². The third kappa shape index (κ3) is 3.63. The third-order valence-electron chi connectivity index (χ3n) is 3.69. The van der Waals surface area contributed by atoms with Crippen molar-refractivity contribution in [2.45, 2.75) is 32.0 Å². The van der Waals surface area contributed by atoms with Gasteiger partial charge in [0.2, 0.25) is 0 Å². The lowest BCUT2D eigenvalue weighted by Crippen LogP contribution is -2.53. The van der Waals surface area contributed by atoms with Crippen LogP contribution in [-0.2, 0) is 19.1 Å². The Bertz CT molecular complexity index is 419. The minimum Gasteiger partial charge on any atom is -0.479 e. The zero-order valence-electron chi connectivity index (χ0n) is 12.0. The quantitative estimate of drug-likeness (QED) is 0.783. The molecule has 2 aliphatic heterocycles. The molecule has 8 nitrogen and oxygen atoms in total. The van der Waals surface area contributed by atoms with Gasteiger partial charge in [0.25, 0.3) is 5.91 Å². The van der Waals surface area contributed by atoms with E-state index in [1.54, 1.807) is 16.7 Å². The topological polar surface area (TPSA) is 96.4 Å². The fourth-order valence-corrected chi connectivity index (χ4v) is 2.53. The van der Waals surface area contributed by atoms with Gasteiger partial charge in [-0.1, -0.05) is 0 Å². The van der Waals surface area contributed by atoms with Crippen LogP contribution in [0.15, 0.2) is 0 Å². The Labute approximate surface area is 122 Å². The Balaban J connectivity index is 1.81. The molecule has 2 amide bonds. The molecular weight excluding hydrogens is 280 g/mol. The second-order valence-electron chi connectivity index (χ2n) is 5.04. The van der Waals surface area contributed by atoms with E-state index in [4.69, 9.17) is 14.6 Å². The van der Waals surface area contributed by atoms with Crippen LogP contribution in [0.1, 0.15) is 19.8 Å². The van der Waals surface area contributed by atoms with Gasteiger partial charge in [-0.25, -0.2) is 9.59 Å². The summed E-state index contributed by atoms with van der Waals surface area (Å²) in [4.78, 5) is 37.8. The highest BCUT2D eigenvalue weighted by molar-refractivity contribution is 5.83. The van der Waals surface area contributed by atoms with E-state index >= 15 is 0 Å². The summed E-state index contributed by atoms with van der Waals surface area (Å²) < 4.78 is 10.2. The second-order valence-corrected chi connectivity index (χ2v) is 5.04. The molecule has 0 radical (unpaired) electrons. The van der Waals surface area contributed by atoms with Crippen LogP contribution in [0.25, 0.3) is 0 Å². The number of carbonyl (C=O) groups is 3. The summed E-state index contributed by atoms with van der Waals surface area (Å²) in [6.45, 7) is 3.72. The van der Waals surface area contributed by atoms with Crippen molar-refractivity contribution in [3.63, 3.8) is 0 Å². The van der Waals surface area contributed by atoms with Crippen LogP contribution in [-0.4, -0.2) is 77.9 Å². The summed E-state index contributed by atoms with van der Waals surface area (Å²) in [6.07, 6.45) is -1.16. The van der Waals surface area contributed by atoms with Crippen molar-refractivity contribution >= 4 is 18.0 Å². The van der Waals surface area contributed by atoms with Gasteiger partial charge >= 0.3 is 12.1 Å². The van der Waals surface area contributed by atoms with Crippen molar-refractivity contribution < 1.29 is 29.0 Å². The number of piperazine rings is 1. The van der Waals surface area contributed by atoms with E-state index in [-0.39, 0.29) is 12.0 Å². The summed E-state index contributed by atoms with van der Waals surface area (Å²) >= 11 is 0. The lowest BCUT2D eigenvalue weighted by molar-refractivity contribution is -0.155. The Kier molecular flexibility index (Phi) is 5.00. The maximum atomic E-state index is 12.2. The SMILES string of the molecule is CCOC(=O)N1CCN(C(=O)C2CCC(C(=O)O)O2)CC1. The molecule has 21 heavy (non-hydrogen) atoms. The van der Waals surface area contributed by atoms with E-state index in [2.05, 4.69) is 0 Å². The van der Waals surface area contributed by atoms with Crippen molar-refractivity contribution in [3.8, 4) is 0 Å². The number of rotatable bonds is 3. The van der Waals surface area contributed by atoms with Crippen LogP contribution >= 0.6 is 0 Å². The molecule has 2 aliphatic rings. The highest BCUT2D eigenvalue weighted by Crippen LogP contribution is 2.22. The molecule has 8 heteroatoms. The maximum Gasteiger partial charge on any atom is 0.409 e. The van der Waals surface area contributed by atoms with Crippen molar-refractivity contribution in [1.82, 2.24) is 9.80 Å². The fraction of sp³-hybridized carbons (Fsp3) is 0.769. The third-order valence-corrected chi connectivity index (χ3v) is 3.69. The predicted octanol–water partition coefficient (Wildman–Crippen LogP) is -0.0807. The van der Waals surface area contributed by atoms with Gasteiger partial charge in [-0.15, -0.1) is 0 Å². The van der Waals surface area contributed by atoms with Gasteiger partial charge in [0.1, 0.15) is 6.10 Å². The lowest BCUT2D eigenvalue weighted by atomic mass is 10.1. The molecule has 2 heterocycles. The van der Waals surface area contributed by atoms with Gasteiger partial charge in [0.05, 0.1) is 6.61 Å². The van der Waals surface area contributed by atoms with Crippen molar-refractivity contribution in [2.24, 2.45) is 0 Å². The van der Waals surface area contributed by atoms with Crippen molar-refractivity contribution in [2.75, 3.05) is 32.8 Å². The van der Waals surface area contributed by atoms with E-state index in [1.165, 1.54) is 0 Å². The first-order valence-corrected chi connectivity index (χ1v) is 7.11. The number of ether oxygens (including phenoxy) is 2. The summed E-state index contributed by atoms with van der Waals surface area (Å²) in [5, 5.41) is 8.86. The van der Waals surface area contributed by atoms with Gasteiger partial charge in [-0.2, -0.15) is 0 Å². The Morgan fingerprint density at radius 1 is 1.10 bits per heavy atom. The second kappa shape index (κ2) is 6.75. The van der Waals surface area contributed by atoms with Crippen molar-refractivity contribution in [1.29, 1.82) is 0 Å². The zero-order valence-corrected chi connectivity index (χ0v) is 12.0. The Morgan fingerprint density at radius 3 is 2.19 bits per heavy atom. The van der Waals surface area contributed by atoms with E-state index in [1.807, 2.05) is 0 Å². The maximum absolute atomic E-state index is 12.2. The normalized spacial score (nSPS) is 25.8. The largest absolute Gasteiger partial charge is 0.479 e. The van der Waals surface area contributed by atoms with Crippen LogP contribution in [0.4, 0.5) is 4.79 Å². The van der Waals surface area contributed by atoms with Gasteiger partial charge < -0.3 is 24.4 Å². The van der Waals surface area contributed by atoms with Gasteiger partial charge in [-0.3, -0.25) is 4.79 Å². The highest BCUT2D eigenvalue weighted by atomic mass is 16.6. The molecule has 2 saturated heterocycles. The summed E-state index contributed by atoms with van der Waals surface area (Å²) in [5.41, 5.74) is 0. The first kappa shape index (κ1) is 15.6. The minimum absolute atomic E-state index is 0.192. The molecule has 0 bridgehead atoms. The van der Waals surface area contributed by atoms with E-state index < -0.39 is 18.2 Å². The lowest BCUT2D eigenvalue weighted by Gasteiger charge is -2.35. The molecule has 0 spiro atoms. The monoisotopic (exact) mass is 300 g/mol. The fourth-order valence-electron chi connectivity index (χ4n) is 2.53. The van der Waals surface area contributed by atoms with Crippen LogP contribution < -0.4 is 0 Å². The molecule has 2 unspecified atom stereocenters. The number of nitrogens with zero attached hydrogens (tertiary/aromatic N) is 2. The average Bonchev–Trinajstić information content (AvgIpc) is 2.97. The minimum atomic E-state index is -1.03. The Hall–Kier alpha value is -1.83. The molecule has 2 rings (SSSR count). The first-order chi connectivity index (χ1) is 10.0. The molecule has 0 aromatic heterocycles. The van der Waals surface area contributed by atoms with E-state index in [0.29, 0.717) is 45.6 Å². The number of hydrogen-bond acceptors (Lipinski definition) is 5. The van der Waals surface area contributed by atoms with Crippen molar-refractivity contribution in [3.05, 3.63) is 0 Å².